The molecule has 0 unspecified atom stereocenters. The summed E-state index contributed by atoms with van der Waals surface area (Å²) in [5.74, 6) is 1.66. The van der Waals surface area contributed by atoms with Crippen LogP contribution in [0.3, 0.4) is 0 Å². The number of carbonyl (C=O) groups is 3. The molecule has 3 atom stereocenters. The Morgan fingerprint density at radius 1 is 0.496 bits per heavy atom. The highest BCUT2D eigenvalue weighted by Gasteiger charge is 2.52. The van der Waals surface area contributed by atoms with Crippen LogP contribution in [0.4, 0.5) is 0 Å². The number of nitrogens with zero attached hydrogens (tertiary/aromatic N) is 3. The summed E-state index contributed by atoms with van der Waals surface area (Å²) in [6.07, 6.45) is 1.06. The van der Waals surface area contributed by atoms with Gasteiger partial charge in [-0.25, -0.2) is 24.4 Å². The van der Waals surface area contributed by atoms with Crippen molar-refractivity contribution in [2.24, 2.45) is 0 Å². The number of halogens is 3. The van der Waals surface area contributed by atoms with Crippen LogP contribution >= 0.6 is 61.1 Å². The number of hydrogen-bond donors (Lipinski definition) is 2. The monoisotopic (exact) mass is 1850 g/mol. The Morgan fingerprint density at radius 3 is 1.30 bits per heavy atom. The molecule has 0 amide bonds. The first-order valence-electron chi connectivity index (χ1n) is 38.2. The molecular weight excluding hydrogens is 1750 g/mol. The second-order valence-electron chi connectivity index (χ2n) is 31.5. The molecule has 115 heavy (non-hydrogen) atoms. The van der Waals surface area contributed by atoms with Crippen LogP contribution in [0.15, 0.2) is 200 Å². The lowest BCUT2D eigenvalue weighted by Crippen LogP contribution is -2.41. The van der Waals surface area contributed by atoms with Crippen molar-refractivity contribution in [1.82, 2.24) is 15.0 Å². The van der Waals surface area contributed by atoms with Gasteiger partial charge < -0.3 is 62.2 Å². The Kier molecular flexibility index (Phi) is 30.4. The third-order valence-corrected chi connectivity index (χ3v) is 21.8. The van der Waals surface area contributed by atoms with E-state index in [0.29, 0.717) is 46.0 Å². The number of rotatable bonds is 18. The maximum absolute atomic E-state index is 12.7. The van der Waals surface area contributed by atoms with Gasteiger partial charge in [0.15, 0.2) is 18.3 Å². The molecule has 604 valence electrons. The van der Waals surface area contributed by atoms with Gasteiger partial charge in [-0.1, -0.05) is 143 Å². The van der Waals surface area contributed by atoms with Crippen molar-refractivity contribution in [2.75, 3.05) is 27.4 Å². The molecule has 11 aromatic rings. The Hall–Kier alpha value is -8.80. The van der Waals surface area contributed by atoms with Crippen LogP contribution in [0.25, 0.3) is 43.8 Å². The summed E-state index contributed by atoms with van der Waals surface area (Å²) in [4.78, 5) is 52.2. The van der Waals surface area contributed by atoms with Crippen LogP contribution in [-0.4, -0.2) is 106 Å². The largest absolute Gasteiger partial charge is 0.508 e. The van der Waals surface area contributed by atoms with Gasteiger partial charge >= 0.3 is 25.0 Å². The number of ether oxygens (including phenoxy) is 9. The van der Waals surface area contributed by atoms with Crippen LogP contribution in [0, 0.1) is 7.14 Å². The van der Waals surface area contributed by atoms with E-state index in [2.05, 4.69) is 106 Å². The molecule has 23 heteroatoms. The second kappa shape index (κ2) is 39.4. The Labute approximate surface area is 710 Å². The SMILES string of the molecule is CC(C)(C)O[C@H](C(=O)O)c1c(COc2ccccc2)nc2ccccc2c1-c1ccc2c(c1)CCCO2.CC1(C)OB(c2ccc3c(c2)CCCO3)OC1(C)C.COC(=O)[C@@H](OC(C)(C)C)c1c(CBr)nc2ccccc2c1I.COC(=O)[C@@H](OC(C)(C)C)c1c(COc2ccccc2)nc2ccccc2c1I.Oc1ccccc1. The smallest absolute Gasteiger partial charge is 0.494 e. The maximum Gasteiger partial charge on any atom is 0.494 e. The molecule has 0 radical (unpaired) electrons. The average Bonchev–Trinajstić information content (AvgIpc) is 0.993. The zero-order chi connectivity index (χ0) is 83.0. The number of para-hydroxylation sites is 6. The van der Waals surface area contributed by atoms with E-state index in [0.717, 1.165) is 123 Å². The van der Waals surface area contributed by atoms with E-state index < -0.39 is 53.0 Å². The van der Waals surface area contributed by atoms with E-state index in [1.54, 1.807) is 24.3 Å². The van der Waals surface area contributed by atoms with Gasteiger partial charge in [0.05, 0.1) is 89.1 Å². The molecule has 14 rings (SSSR count). The molecule has 19 nitrogen and oxygen atoms in total. The number of benzene rings is 8. The molecule has 2 N–H and O–H groups in total. The van der Waals surface area contributed by atoms with Crippen LogP contribution < -0.4 is 24.4 Å². The van der Waals surface area contributed by atoms with Crippen molar-refractivity contribution in [2.45, 2.75) is 181 Å². The molecule has 0 saturated carbocycles. The Morgan fingerprint density at radius 2 is 0.878 bits per heavy atom. The topological polar surface area (TPSA) is 232 Å². The van der Waals surface area contributed by atoms with Gasteiger partial charge in [-0.2, -0.15) is 0 Å². The van der Waals surface area contributed by atoms with Gasteiger partial charge in [-0.15, -0.1) is 0 Å². The number of aliphatic carboxylic acids is 1. The molecule has 1 saturated heterocycles. The van der Waals surface area contributed by atoms with E-state index in [1.807, 2.05) is 226 Å². The molecule has 6 heterocycles. The van der Waals surface area contributed by atoms with Gasteiger partial charge in [0.25, 0.3) is 0 Å². The predicted molar refractivity (Wildman–Crippen MR) is 471 cm³/mol. The molecule has 0 spiro atoms. The van der Waals surface area contributed by atoms with E-state index in [9.17, 15) is 19.5 Å². The minimum absolute atomic E-state index is 0.0997. The molecule has 0 aliphatic carbocycles. The molecule has 3 aromatic heterocycles. The van der Waals surface area contributed by atoms with Crippen molar-refractivity contribution in [3.8, 4) is 39.9 Å². The summed E-state index contributed by atoms with van der Waals surface area (Å²) in [5.41, 5.74) is 9.27. The lowest BCUT2D eigenvalue weighted by atomic mass is 9.78. The summed E-state index contributed by atoms with van der Waals surface area (Å²) >= 11 is 7.98. The number of methoxy groups -OCH3 is 2. The van der Waals surface area contributed by atoms with Crippen molar-refractivity contribution in [3.63, 3.8) is 0 Å². The molecule has 3 aliphatic rings. The molecule has 0 bridgehead atoms. The third kappa shape index (κ3) is 23.5. The average molecular weight is 1850 g/mol. The number of carboxylic acid groups (broad SMARTS) is 1. The van der Waals surface area contributed by atoms with Crippen LogP contribution in [0.1, 0.15) is 166 Å². The number of hydrogen-bond acceptors (Lipinski definition) is 18. The Bertz CT molecular complexity index is 5140. The Balaban J connectivity index is 0.000000161. The highest BCUT2D eigenvalue weighted by Crippen LogP contribution is 2.44. The lowest BCUT2D eigenvalue weighted by Gasteiger charge is -2.32. The first-order chi connectivity index (χ1) is 54.7. The summed E-state index contributed by atoms with van der Waals surface area (Å²) in [7, 11) is 2.46. The highest BCUT2D eigenvalue weighted by molar-refractivity contribution is 14.1. The third-order valence-electron chi connectivity index (χ3n) is 18.9. The van der Waals surface area contributed by atoms with E-state index >= 15 is 0 Å². The second-order valence-corrected chi connectivity index (χ2v) is 34.3. The van der Waals surface area contributed by atoms with Crippen LogP contribution in [-0.2, 0) is 78.8 Å². The van der Waals surface area contributed by atoms with E-state index in [-0.39, 0.29) is 31.5 Å². The van der Waals surface area contributed by atoms with Crippen LogP contribution in [0.2, 0.25) is 0 Å². The fraction of sp³-hybridized carbons (Fsp3) is 0.348. The lowest BCUT2D eigenvalue weighted by molar-refractivity contribution is -0.164. The van der Waals surface area contributed by atoms with Gasteiger partial charge in [-0.3, -0.25) is 4.98 Å². The van der Waals surface area contributed by atoms with Crippen molar-refractivity contribution < 1.29 is 76.5 Å². The predicted octanol–water partition coefficient (Wildman–Crippen LogP) is 20.7. The number of alkyl halides is 1. The number of carboxylic acids is 1. The molecule has 8 aromatic carbocycles. The zero-order valence-corrected chi connectivity index (χ0v) is 73.7. The van der Waals surface area contributed by atoms with Gasteiger partial charge in [0, 0.05) is 45.3 Å². The number of pyridine rings is 3. The number of aryl methyl sites for hydroxylation is 2. The highest BCUT2D eigenvalue weighted by atomic mass is 127. The fourth-order valence-corrected chi connectivity index (χ4v) is 15.5. The quantitative estimate of drug-likeness (QED) is 0.0352. The van der Waals surface area contributed by atoms with E-state index in [4.69, 9.17) is 67.0 Å². The van der Waals surface area contributed by atoms with Gasteiger partial charge in [0.2, 0.25) is 0 Å². The summed E-state index contributed by atoms with van der Waals surface area (Å²) in [5, 5.41) is 22.4. The fourth-order valence-electron chi connectivity index (χ4n) is 12.9. The first-order valence-corrected chi connectivity index (χ1v) is 41.4. The van der Waals surface area contributed by atoms with Gasteiger partial charge in [0.1, 0.15) is 42.0 Å². The number of aromatic nitrogens is 3. The maximum atomic E-state index is 12.7. The van der Waals surface area contributed by atoms with E-state index in [1.165, 1.54) is 19.8 Å². The number of aromatic hydroxyl groups is 1. The minimum atomic E-state index is -1.24. The van der Waals surface area contributed by atoms with Crippen LogP contribution in [0.5, 0.6) is 28.7 Å². The minimum Gasteiger partial charge on any atom is -0.508 e. The first kappa shape index (κ1) is 88.6. The number of phenolic OH excluding ortho intramolecular Hbond substituents is 1. The molecular formula is C92H101BBrI2N3O16. The van der Waals surface area contributed by atoms with Crippen molar-refractivity contribution >= 4 is 124 Å². The molecule has 1 fully saturated rings. The zero-order valence-electron chi connectivity index (χ0n) is 67.8. The number of phenols is 1. The number of fused-ring (bicyclic) bond motifs is 5. The number of esters is 2. The van der Waals surface area contributed by atoms with Gasteiger partial charge in [-0.05, 0) is 261 Å². The standard InChI is InChI=1S/C31H31NO5.C23H24INO4.C17H19BrINO3.C15H21BO3.C6H6O/c1-31(2,3)37-29(30(33)34)28-25(19-36-22-11-5-4-6-12-22)32-24-14-8-7-13-23(24)27(28)21-15-16-26-20(18-21)10-9-17-35-26;1-23(2,3)29-21(22(26)27-4)19-18(14-28-15-10-6-5-7-11-15)25-17-13-9-8-12-16(17)20(19)24;1-17(2,3)23-15(16(21)22-4)13-12(9-18)20-11-8-6-5-7-10(11)14(13)19;1-14(2)15(3,4)19-16(18-14)12-7-8-13-11(10-12)6-5-9-17-13;7-6-4-2-1-3-5-6/h4-8,11-16,18,29H,9-10,17,19H2,1-3H3,(H,33,34);5-13,21H,14H2,1-4H3;5-8,15H,9H2,1-4H3;7-8,10H,5-6,9H2,1-4H3;1-5,7H/t29-;21-;15-;;/m000../s1. The van der Waals surface area contributed by atoms with Crippen molar-refractivity contribution in [1.29, 1.82) is 0 Å². The summed E-state index contributed by atoms with van der Waals surface area (Å²) in [6, 6.07) is 63.5. The molecule has 3 aliphatic heterocycles. The van der Waals surface area contributed by atoms with Crippen molar-refractivity contribution in [3.05, 3.63) is 252 Å². The summed E-state index contributed by atoms with van der Waals surface area (Å²) < 4.78 is 65.9. The normalized spacial score (nSPS) is 14.8. The number of carbonyl (C=O) groups excluding carboxylic acids is 2. The summed E-state index contributed by atoms with van der Waals surface area (Å²) in [6.45, 7) is 27.2.